The van der Waals surface area contributed by atoms with E-state index >= 15 is 0 Å². The van der Waals surface area contributed by atoms with Crippen molar-refractivity contribution in [3.8, 4) is 0 Å². The zero-order valence-electron chi connectivity index (χ0n) is 11.7. The van der Waals surface area contributed by atoms with Gasteiger partial charge in [-0.1, -0.05) is 6.07 Å². The fraction of sp³-hybridized carbons (Fsp3) is 0.571. The lowest BCUT2D eigenvalue weighted by Crippen LogP contribution is -2.32. The molecule has 0 saturated carbocycles. The normalized spacial score (nSPS) is 15.0. The van der Waals surface area contributed by atoms with E-state index in [1.54, 1.807) is 6.07 Å². The molecular formula is C14H22N4O. The van der Waals surface area contributed by atoms with E-state index in [0.717, 1.165) is 25.5 Å². The van der Waals surface area contributed by atoms with E-state index in [4.69, 9.17) is 0 Å². The molecule has 1 fully saturated rings. The third-order valence-electron chi connectivity index (χ3n) is 3.24. The molecule has 0 bridgehead atoms. The van der Waals surface area contributed by atoms with Crippen LogP contribution >= 0.6 is 0 Å². The Bertz CT molecular complexity index is 427. The summed E-state index contributed by atoms with van der Waals surface area (Å²) >= 11 is 0. The lowest BCUT2D eigenvalue weighted by molar-refractivity contribution is 0.0946. The topological polar surface area (TPSA) is 48.5 Å². The lowest BCUT2D eigenvalue weighted by atomic mass is 10.3. The molecule has 1 aromatic rings. The largest absolute Gasteiger partial charge is 0.357 e. The minimum Gasteiger partial charge on any atom is -0.357 e. The van der Waals surface area contributed by atoms with Gasteiger partial charge in [-0.3, -0.25) is 4.79 Å². The molecule has 1 aromatic heterocycles. The summed E-state index contributed by atoms with van der Waals surface area (Å²) in [5.41, 5.74) is 0.503. The monoisotopic (exact) mass is 262 g/mol. The van der Waals surface area contributed by atoms with E-state index in [2.05, 4.69) is 15.2 Å². The number of nitrogens with zero attached hydrogens (tertiary/aromatic N) is 3. The van der Waals surface area contributed by atoms with Crippen LogP contribution in [0, 0.1) is 0 Å². The van der Waals surface area contributed by atoms with Crippen LogP contribution in [0.5, 0.6) is 0 Å². The maximum atomic E-state index is 12.0. The molecule has 1 saturated heterocycles. The molecule has 5 nitrogen and oxygen atoms in total. The first-order chi connectivity index (χ1) is 9.16. The van der Waals surface area contributed by atoms with E-state index in [0.29, 0.717) is 12.2 Å². The molecular weight excluding hydrogens is 240 g/mol. The predicted molar refractivity (Wildman–Crippen MR) is 76.6 cm³/mol. The third-order valence-corrected chi connectivity index (χ3v) is 3.24. The van der Waals surface area contributed by atoms with Gasteiger partial charge in [-0.15, -0.1) is 0 Å². The molecule has 0 aromatic carbocycles. The third kappa shape index (κ3) is 3.92. The van der Waals surface area contributed by atoms with Gasteiger partial charge in [0.15, 0.2) is 0 Å². The second-order valence-electron chi connectivity index (χ2n) is 5.13. The highest BCUT2D eigenvalue weighted by atomic mass is 16.1. The second kappa shape index (κ2) is 6.52. The van der Waals surface area contributed by atoms with Crippen molar-refractivity contribution in [2.45, 2.75) is 12.8 Å². The number of aromatic nitrogens is 1. The van der Waals surface area contributed by atoms with Gasteiger partial charge in [0.2, 0.25) is 0 Å². The number of amides is 1. The highest BCUT2D eigenvalue weighted by Gasteiger charge is 2.15. The number of anilines is 1. The number of pyridine rings is 1. The Balaban J connectivity index is 1.95. The van der Waals surface area contributed by atoms with Crippen molar-refractivity contribution in [2.75, 3.05) is 45.2 Å². The molecule has 104 valence electrons. The van der Waals surface area contributed by atoms with Crippen LogP contribution in [-0.4, -0.2) is 56.1 Å². The average Bonchev–Trinajstić information content (AvgIpc) is 2.92. The van der Waals surface area contributed by atoms with Crippen LogP contribution in [0.3, 0.4) is 0 Å². The zero-order chi connectivity index (χ0) is 13.7. The highest BCUT2D eigenvalue weighted by molar-refractivity contribution is 5.92. The van der Waals surface area contributed by atoms with Gasteiger partial charge in [0.05, 0.1) is 0 Å². The minimum absolute atomic E-state index is 0.0945. The molecule has 1 N–H and O–H groups in total. The molecule has 5 heteroatoms. The average molecular weight is 262 g/mol. The van der Waals surface area contributed by atoms with Gasteiger partial charge in [-0.05, 0) is 39.1 Å². The molecule has 1 aliphatic rings. The summed E-state index contributed by atoms with van der Waals surface area (Å²) in [6.45, 7) is 3.55. The van der Waals surface area contributed by atoms with Crippen LogP contribution in [-0.2, 0) is 0 Å². The van der Waals surface area contributed by atoms with Crippen LogP contribution in [0.15, 0.2) is 18.2 Å². The Morgan fingerprint density at radius 1 is 1.37 bits per heavy atom. The quantitative estimate of drug-likeness (QED) is 0.859. The molecule has 0 radical (unpaired) electrons. The number of hydrogen-bond acceptors (Lipinski definition) is 4. The maximum Gasteiger partial charge on any atom is 0.270 e. The van der Waals surface area contributed by atoms with Gasteiger partial charge in [-0.25, -0.2) is 4.98 Å². The summed E-state index contributed by atoms with van der Waals surface area (Å²) in [6, 6.07) is 5.65. The SMILES string of the molecule is CN(C)CCNC(=O)c1cccc(N2CCCC2)n1. The molecule has 0 unspecified atom stereocenters. The Morgan fingerprint density at radius 2 is 2.11 bits per heavy atom. The number of carbonyl (C=O) groups is 1. The first kappa shape index (κ1) is 13.8. The summed E-state index contributed by atoms with van der Waals surface area (Å²) in [5, 5.41) is 2.89. The van der Waals surface area contributed by atoms with Gasteiger partial charge in [0, 0.05) is 26.2 Å². The van der Waals surface area contributed by atoms with E-state index in [1.807, 2.05) is 31.1 Å². The first-order valence-electron chi connectivity index (χ1n) is 6.82. The van der Waals surface area contributed by atoms with Gasteiger partial charge in [0.25, 0.3) is 5.91 Å². The fourth-order valence-electron chi connectivity index (χ4n) is 2.16. The van der Waals surface area contributed by atoms with Crippen LogP contribution < -0.4 is 10.2 Å². The van der Waals surface area contributed by atoms with E-state index in [-0.39, 0.29) is 5.91 Å². The van der Waals surface area contributed by atoms with Crippen LogP contribution in [0.4, 0.5) is 5.82 Å². The first-order valence-corrected chi connectivity index (χ1v) is 6.82. The van der Waals surface area contributed by atoms with Crippen LogP contribution in [0.1, 0.15) is 23.3 Å². The fourth-order valence-corrected chi connectivity index (χ4v) is 2.16. The summed E-state index contributed by atoms with van der Waals surface area (Å²) in [7, 11) is 3.97. The van der Waals surface area contributed by atoms with Gasteiger partial charge in [0.1, 0.15) is 11.5 Å². The van der Waals surface area contributed by atoms with Crippen LogP contribution in [0.2, 0.25) is 0 Å². The van der Waals surface area contributed by atoms with Crippen molar-refractivity contribution in [3.63, 3.8) is 0 Å². The van der Waals surface area contributed by atoms with Crippen molar-refractivity contribution >= 4 is 11.7 Å². The molecule has 0 spiro atoms. The standard InChI is InChI=1S/C14H22N4O/c1-17(2)11-8-15-14(19)12-6-5-7-13(16-12)18-9-3-4-10-18/h5-7H,3-4,8-11H2,1-2H3,(H,15,19). The Hall–Kier alpha value is -1.62. The molecule has 2 rings (SSSR count). The van der Waals surface area contributed by atoms with Gasteiger partial charge < -0.3 is 15.1 Å². The van der Waals surface area contributed by atoms with Crippen LogP contribution in [0.25, 0.3) is 0 Å². The Kier molecular flexibility index (Phi) is 4.74. The second-order valence-corrected chi connectivity index (χ2v) is 5.13. The molecule has 0 aliphatic carbocycles. The smallest absolute Gasteiger partial charge is 0.270 e. The predicted octanol–water partition coefficient (Wildman–Crippen LogP) is 0.973. The number of nitrogens with one attached hydrogen (secondary N) is 1. The molecule has 1 amide bonds. The lowest BCUT2D eigenvalue weighted by Gasteiger charge is -2.17. The number of rotatable bonds is 5. The molecule has 2 heterocycles. The summed E-state index contributed by atoms with van der Waals surface area (Å²) in [5.74, 6) is 0.820. The molecule has 0 atom stereocenters. The summed E-state index contributed by atoms with van der Waals surface area (Å²) < 4.78 is 0. The van der Waals surface area contributed by atoms with Gasteiger partial charge >= 0.3 is 0 Å². The Labute approximate surface area is 114 Å². The van der Waals surface area contributed by atoms with Gasteiger partial charge in [-0.2, -0.15) is 0 Å². The number of hydrogen-bond donors (Lipinski definition) is 1. The van der Waals surface area contributed by atoms with E-state index < -0.39 is 0 Å². The van der Waals surface area contributed by atoms with Crippen molar-refractivity contribution in [1.29, 1.82) is 0 Å². The van der Waals surface area contributed by atoms with E-state index in [9.17, 15) is 4.79 Å². The summed E-state index contributed by atoms with van der Waals surface area (Å²) in [4.78, 5) is 20.7. The van der Waals surface area contributed by atoms with Crippen molar-refractivity contribution < 1.29 is 4.79 Å². The minimum atomic E-state index is -0.0945. The molecule has 19 heavy (non-hydrogen) atoms. The highest BCUT2D eigenvalue weighted by Crippen LogP contribution is 2.17. The summed E-state index contributed by atoms with van der Waals surface area (Å²) in [6.07, 6.45) is 2.42. The number of carbonyl (C=O) groups excluding carboxylic acids is 1. The Morgan fingerprint density at radius 3 is 2.79 bits per heavy atom. The number of likely N-dealkylation sites (N-methyl/N-ethyl adjacent to an activating group) is 1. The van der Waals surface area contributed by atoms with Crippen molar-refractivity contribution in [3.05, 3.63) is 23.9 Å². The maximum absolute atomic E-state index is 12.0. The molecule has 1 aliphatic heterocycles. The zero-order valence-corrected chi connectivity index (χ0v) is 11.7. The van der Waals surface area contributed by atoms with Crippen molar-refractivity contribution in [1.82, 2.24) is 15.2 Å². The van der Waals surface area contributed by atoms with E-state index in [1.165, 1.54) is 12.8 Å². The van der Waals surface area contributed by atoms with Crippen molar-refractivity contribution in [2.24, 2.45) is 0 Å².